The average Bonchev–Trinajstić information content (AvgIpc) is 3.03. The normalized spacial score (nSPS) is 17.4. The van der Waals surface area contributed by atoms with Crippen LogP contribution in [0.5, 0.6) is 11.5 Å². The second-order valence-corrected chi connectivity index (χ2v) is 6.36. The van der Waals surface area contributed by atoms with Gasteiger partial charge in [-0.25, -0.2) is 0 Å². The van der Waals surface area contributed by atoms with Crippen molar-refractivity contribution >= 4 is 5.91 Å². The lowest BCUT2D eigenvalue weighted by Gasteiger charge is -2.29. The Morgan fingerprint density at radius 2 is 1.96 bits per heavy atom. The quantitative estimate of drug-likeness (QED) is 0.891. The molecule has 1 saturated heterocycles. The van der Waals surface area contributed by atoms with E-state index in [0.29, 0.717) is 39.3 Å². The topological polar surface area (TPSA) is 60.0 Å². The number of hydrogen-bond donors (Lipinski definition) is 1. The van der Waals surface area contributed by atoms with Crippen LogP contribution < -0.4 is 14.8 Å². The van der Waals surface area contributed by atoms with Gasteiger partial charge in [0.1, 0.15) is 0 Å². The minimum Gasteiger partial charge on any atom is -0.454 e. The van der Waals surface area contributed by atoms with Crippen molar-refractivity contribution in [1.82, 2.24) is 10.2 Å². The highest BCUT2D eigenvalue weighted by Crippen LogP contribution is 2.35. The molecule has 2 heterocycles. The summed E-state index contributed by atoms with van der Waals surface area (Å²) >= 11 is 0. The summed E-state index contributed by atoms with van der Waals surface area (Å²) in [7, 11) is 0. The molecule has 0 atom stereocenters. The van der Waals surface area contributed by atoms with Crippen molar-refractivity contribution in [3.8, 4) is 11.5 Å². The Morgan fingerprint density at radius 3 is 2.74 bits per heavy atom. The third-order valence-corrected chi connectivity index (χ3v) is 4.36. The SMILES string of the molecule is CC(C)(NCCC(=O)N1CCOCC1)c1ccc2c(c1)OCO2. The molecule has 23 heavy (non-hydrogen) atoms. The summed E-state index contributed by atoms with van der Waals surface area (Å²) in [6.45, 7) is 7.80. The van der Waals surface area contributed by atoms with Gasteiger partial charge in [0.25, 0.3) is 0 Å². The summed E-state index contributed by atoms with van der Waals surface area (Å²) in [4.78, 5) is 14.0. The van der Waals surface area contributed by atoms with Crippen LogP contribution in [0.4, 0.5) is 0 Å². The van der Waals surface area contributed by atoms with Gasteiger partial charge in [0.2, 0.25) is 12.7 Å². The van der Waals surface area contributed by atoms with Crippen molar-refractivity contribution in [2.24, 2.45) is 0 Å². The van der Waals surface area contributed by atoms with E-state index >= 15 is 0 Å². The van der Waals surface area contributed by atoms with Gasteiger partial charge in [-0.15, -0.1) is 0 Å². The minimum atomic E-state index is -0.244. The van der Waals surface area contributed by atoms with Gasteiger partial charge in [0, 0.05) is 31.6 Å². The molecule has 3 rings (SSSR count). The van der Waals surface area contributed by atoms with Crippen LogP contribution in [0.1, 0.15) is 25.8 Å². The fourth-order valence-electron chi connectivity index (χ4n) is 2.84. The number of amides is 1. The van der Waals surface area contributed by atoms with E-state index in [0.717, 1.165) is 17.1 Å². The van der Waals surface area contributed by atoms with Gasteiger partial charge >= 0.3 is 0 Å². The number of carbonyl (C=O) groups excluding carboxylic acids is 1. The number of carbonyl (C=O) groups is 1. The monoisotopic (exact) mass is 320 g/mol. The highest BCUT2D eigenvalue weighted by atomic mass is 16.7. The molecule has 6 nitrogen and oxygen atoms in total. The first kappa shape index (κ1) is 16.1. The van der Waals surface area contributed by atoms with Gasteiger partial charge in [-0.05, 0) is 31.5 Å². The van der Waals surface area contributed by atoms with Gasteiger partial charge < -0.3 is 24.4 Å². The highest BCUT2D eigenvalue weighted by molar-refractivity contribution is 5.76. The molecule has 0 aliphatic carbocycles. The Bertz CT molecular complexity index is 568. The number of nitrogens with one attached hydrogen (secondary N) is 1. The van der Waals surface area contributed by atoms with Crippen LogP contribution in [-0.2, 0) is 15.1 Å². The van der Waals surface area contributed by atoms with Gasteiger partial charge in [0.05, 0.1) is 13.2 Å². The molecule has 1 amide bonds. The lowest BCUT2D eigenvalue weighted by molar-refractivity contribution is -0.135. The Morgan fingerprint density at radius 1 is 1.22 bits per heavy atom. The molecule has 1 fully saturated rings. The Labute approximate surface area is 136 Å². The Hall–Kier alpha value is -1.79. The Kier molecular flexibility index (Phi) is 4.73. The summed E-state index contributed by atoms with van der Waals surface area (Å²) in [5.41, 5.74) is 0.868. The van der Waals surface area contributed by atoms with Gasteiger partial charge in [-0.2, -0.15) is 0 Å². The lowest BCUT2D eigenvalue weighted by atomic mass is 9.93. The molecule has 0 aromatic heterocycles. The molecule has 0 unspecified atom stereocenters. The maximum absolute atomic E-state index is 12.2. The molecule has 1 N–H and O–H groups in total. The van der Waals surface area contributed by atoms with Crippen molar-refractivity contribution in [2.45, 2.75) is 25.8 Å². The summed E-state index contributed by atoms with van der Waals surface area (Å²) in [6, 6.07) is 5.96. The summed E-state index contributed by atoms with van der Waals surface area (Å²) in [5.74, 6) is 1.75. The first-order valence-electron chi connectivity index (χ1n) is 8.07. The van der Waals surface area contributed by atoms with Crippen LogP contribution in [0.2, 0.25) is 0 Å². The van der Waals surface area contributed by atoms with Crippen molar-refractivity contribution in [3.05, 3.63) is 23.8 Å². The fourth-order valence-corrected chi connectivity index (χ4v) is 2.84. The molecule has 2 aliphatic rings. The third-order valence-electron chi connectivity index (χ3n) is 4.36. The highest BCUT2D eigenvalue weighted by Gasteiger charge is 2.24. The molecular weight excluding hydrogens is 296 g/mol. The van der Waals surface area contributed by atoms with Crippen LogP contribution in [0, 0.1) is 0 Å². The number of benzene rings is 1. The number of rotatable bonds is 5. The lowest BCUT2D eigenvalue weighted by Crippen LogP contribution is -2.43. The first-order chi connectivity index (χ1) is 11.1. The van der Waals surface area contributed by atoms with E-state index in [-0.39, 0.29) is 18.2 Å². The van der Waals surface area contributed by atoms with Crippen LogP contribution in [0.3, 0.4) is 0 Å². The molecule has 1 aromatic carbocycles. The second kappa shape index (κ2) is 6.76. The number of hydrogen-bond acceptors (Lipinski definition) is 5. The van der Waals surface area contributed by atoms with Crippen molar-refractivity contribution in [1.29, 1.82) is 0 Å². The predicted octanol–water partition coefficient (Wildman–Crippen LogP) is 1.49. The summed E-state index contributed by atoms with van der Waals surface area (Å²) in [6.07, 6.45) is 0.494. The standard InChI is InChI=1S/C17H24N2O4/c1-17(2,13-3-4-14-15(11-13)23-12-22-14)18-6-5-16(20)19-7-9-21-10-8-19/h3-4,11,18H,5-10,12H2,1-2H3. The number of nitrogens with zero attached hydrogens (tertiary/aromatic N) is 1. The molecule has 0 spiro atoms. The fraction of sp³-hybridized carbons (Fsp3) is 0.588. The molecule has 0 saturated carbocycles. The van der Waals surface area contributed by atoms with E-state index in [4.69, 9.17) is 14.2 Å². The summed E-state index contributed by atoms with van der Waals surface area (Å²) < 4.78 is 16.0. The van der Waals surface area contributed by atoms with Gasteiger partial charge in [-0.3, -0.25) is 4.79 Å². The van der Waals surface area contributed by atoms with Crippen molar-refractivity contribution < 1.29 is 19.0 Å². The number of ether oxygens (including phenoxy) is 3. The van der Waals surface area contributed by atoms with E-state index in [1.807, 2.05) is 23.1 Å². The van der Waals surface area contributed by atoms with Gasteiger partial charge in [0.15, 0.2) is 11.5 Å². The maximum Gasteiger partial charge on any atom is 0.231 e. The van der Waals surface area contributed by atoms with E-state index in [2.05, 4.69) is 19.2 Å². The van der Waals surface area contributed by atoms with Gasteiger partial charge in [-0.1, -0.05) is 6.07 Å². The molecule has 0 radical (unpaired) electrons. The third kappa shape index (κ3) is 3.76. The van der Waals surface area contributed by atoms with Crippen LogP contribution in [0.25, 0.3) is 0 Å². The Balaban J connectivity index is 1.53. The first-order valence-corrected chi connectivity index (χ1v) is 8.07. The van der Waals surface area contributed by atoms with E-state index in [1.54, 1.807) is 0 Å². The van der Waals surface area contributed by atoms with Crippen LogP contribution in [0.15, 0.2) is 18.2 Å². The summed E-state index contributed by atoms with van der Waals surface area (Å²) in [5, 5.41) is 3.46. The van der Waals surface area contributed by atoms with Crippen molar-refractivity contribution in [2.75, 3.05) is 39.6 Å². The second-order valence-electron chi connectivity index (χ2n) is 6.36. The van der Waals surface area contributed by atoms with Crippen molar-refractivity contribution in [3.63, 3.8) is 0 Å². The zero-order chi connectivity index (χ0) is 16.3. The zero-order valence-electron chi connectivity index (χ0n) is 13.8. The predicted molar refractivity (Wildman–Crippen MR) is 85.6 cm³/mol. The average molecular weight is 320 g/mol. The maximum atomic E-state index is 12.2. The molecule has 6 heteroatoms. The molecule has 126 valence electrons. The molecular formula is C17H24N2O4. The van der Waals surface area contributed by atoms with Crippen LogP contribution in [-0.4, -0.2) is 50.4 Å². The number of morpholine rings is 1. The zero-order valence-corrected chi connectivity index (χ0v) is 13.8. The molecule has 0 bridgehead atoms. The van der Waals surface area contributed by atoms with Crippen LogP contribution >= 0.6 is 0 Å². The molecule has 2 aliphatic heterocycles. The van der Waals surface area contributed by atoms with E-state index in [9.17, 15) is 4.79 Å². The number of fused-ring (bicyclic) bond motifs is 1. The largest absolute Gasteiger partial charge is 0.454 e. The molecule has 1 aromatic rings. The smallest absolute Gasteiger partial charge is 0.231 e. The van der Waals surface area contributed by atoms with E-state index < -0.39 is 0 Å². The minimum absolute atomic E-state index is 0.183. The van der Waals surface area contributed by atoms with E-state index in [1.165, 1.54) is 0 Å².